The van der Waals surface area contributed by atoms with Gasteiger partial charge in [-0.3, -0.25) is 4.79 Å². The zero-order chi connectivity index (χ0) is 25.3. The SMILES string of the molecule is COc1cc2[nH]c(N(C)Cc3cc(N=C4N(C)CCN4C)ccc3Cl)nc(=O)c2c(OC)c1OC. The molecule has 1 fully saturated rings. The Morgan fingerprint density at radius 1 is 1.09 bits per heavy atom. The molecule has 0 aliphatic carbocycles. The van der Waals surface area contributed by atoms with E-state index in [0.717, 1.165) is 30.3 Å². The lowest BCUT2D eigenvalue weighted by Crippen LogP contribution is -2.27. The normalized spacial score (nSPS) is 13.4. The summed E-state index contributed by atoms with van der Waals surface area (Å²) >= 11 is 6.51. The van der Waals surface area contributed by atoms with Crippen molar-refractivity contribution in [1.82, 2.24) is 19.8 Å². The zero-order valence-electron chi connectivity index (χ0n) is 20.7. The number of rotatable bonds is 7. The number of fused-ring (bicyclic) bond motifs is 1. The fourth-order valence-corrected chi connectivity index (χ4v) is 4.29. The van der Waals surface area contributed by atoms with E-state index in [9.17, 15) is 4.79 Å². The van der Waals surface area contributed by atoms with Crippen LogP contribution in [-0.2, 0) is 6.54 Å². The first-order valence-electron chi connectivity index (χ1n) is 11.0. The second-order valence-corrected chi connectivity index (χ2v) is 8.73. The van der Waals surface area contributed by atoms with E-state index in [1.54, 1.807) is 6.07 Å². The highest BCUT2D eigenvalue weighted by molar-refractivity contribution is 6.31. The number of aliphatic imine (C=N–C) groups is 1. The number of anilines is 1. The third kappa shape index (κ3) is 4.66. The number of nitrogens with one attached hydrogen (secondary N) is 1. The van der Waals surface area contributed by atoms with Crippen molar-refractivity contribution in [3.05, 3.63) is 45.2 Å². The number of halogens is 1. The standard InChI is InChI=1S/C24H29ClN6O4/c1-29-9-10-30(2)24(29)26-15-7-8-16(25)14(11-15)13-31(3)23-27-17-12-18(33-4)20(34-5)21(35-6)19(17)22(32)28-23/h7-8,11-12H,9-10,13H2,1-6H3,(H,27,28,32). The summed E-state index contributed by atoms with van der Waals surface area (Å²) in [7, 11) is 10.4. The molecule has 35 heavy (non-hydrogen) atoms. The molecule has 1 aromatic heterocycles. The fourth-order valence-electron chi connectivity index (χ4n) is 4.11. The molecule has 1 aliphatic heterocycles. The number of ether oxygens (including phenoxy) is 3. The van der Waals surface area contributed by atoms with Crippen molar-refractivity contribution in [2.45, 2.75) is 6.54 Å². The highest BCUT2D eigenvalue weighted by atomic mass is 35.5. The van der Waals surface area contributed by atoms with Crippen LogP contribution in [0.1, 0.15) is 5.56 Å². The van der Waals surface area contributed by atoms with Crippen LogP contribution in [0, 0.1) is 0 Å². The molecule has 1 saturated heterocycles. The van der Waals surface area contributed by atoms with Gasteiger partial charge < -0.3 is 33.9 Å². The van der Waals surface area contributed by atoms with Crippen LogP contribution in [0.4, 0.5) is 11.6 Å². The Morgan fingerprint density at radius 2 is 1.77 bits per heavy atom. The van der Waals surface area contributed by atoms with E-state index >= 15 is 0 Å². The summed E-state index contributed by atoms with van der Waals surface area (Å²) < 4.78 is 16.3. The highest BCUT2D eigenvalue weighted by Crippen LogP contribution is 2.41. The third-order valence-corrected chi connectivity index (χ3v) is 6.35. The highest BCUT2D eigenvalue weighted by Gasteiger charge is 2.22. The first-order valence-corrected chi connectivity index (χ1v) is 11.4. The van der Waals surface area contributed by atoms with Crippen molar-refractivity contribution in [3.63, 3.8) is 0 Å². The smallest absolute Gasteiger partial charge is 0.286 e. The van der Waals surface area contributed by atoms with Crippen LogP contribution in [0.3, 0.4) is 0 Å². The molecule has 186 valence electrons. The van der Waals surface area contributed by atoms with Crippen molar-refractivity contribution in [1.29, 1.82) is 0 Å². The van der Waals surface area contributed by atoms with Gasteiger partial charge in [-0.1, -0.05) is 11.6 Å². The van der Waals surface area contributed by atoms with E-state index < -0.39 is 5.56 Å². The monoisotopic (exact) mass is 500 g/mol. The summed E-state index contributed by atoms with van der Waals surface area (Å²) in [5.41, 5.74) is 1.72. The molecule has 0 atom stereocenters. The van der Waals surface area contributed by atoms with Crippen LogP contribution >= 0.6 is 11.6 Å². The Labute approximate surface area is 208 Å². The van der Waals surface area contributed by atoms with Crippen molar-refractivity contribution in [3.8, 4) is 17.2 Å². The summed E-state index contributed by atoms with van der Waals surface area (Å²) in [6.07, 6.45) is 0. The Morgan fingerprint density at radius 3 is 2.40 bits per heavy atom. The molecule has 0 spiro atoms. The minimum absolute atomic E-state index is 0.265. The molecule has 0 bridgehead atoms. The molecule has 2 aromatic carbocycles. The van der Waals surface area contributed by atoms with E-state index in [0.29, 0.717) is 34.5 Å². The molecule has 0 saturated carbocycles. The lowest BCUT2D eigenvalue weighted by molar-refractivity contribution is 0.327. The molecule has 0 radical (unpaired) electrons. The molecule has 0 unspecified atom stereocenters. The minimum Gasteiger partial charge on any atom is -0.493 e. The van der Waals surface area contributed by atoms with Gasteiger partial charge in [-0.25, -0.2) is 4.99 Å². The topological polar surface area (TPSA) is 95.5 Å². The van der Waals surface area contributed by atoms with Crippen LogP contribution in [0.5, 0.6) is 17.2 Å². The zero-order valence-corrected chi connectivity index (χ0v) is 21.4. The number of hydrogen-bond acceptors (Lipinski definition) is 7. The summed E-state index contributed by atoms with van der Waals surface area (Å²) in [5, 5.41) is 0.882. The average Bonchev–Trinajstić information content (AvgIpc) is 3.16. The number of benzene rings is 2. The Balaban J connectivity index is 1.69. The molecule has 11 heteroatoms. The van der Waals surface area contributed by atoms with E-state index in [1.165, 1.54) is 21.3 Å². The van der Waals surface area contributed by atoms with Crippen molar-refractivity contribution >= 4 is 40.1 Å². The molecule has 1 N–H and O–H groups in total. The molecule has 4 rings (SSSR count). The maximum Gasteiger partial charge on any atom is 0.286 e. The summed E-state index contributed by atoms with van der Waals surface area (Å²) in [6.45, 7) is 2.27. The van der Waals surface area contributed by atoms with E-state index in [1.807, 2.05) is 44.2 Å². The van der Waals surface area contributed by atoms with Crippen LogP contribution in [0.2, 0.25) is 5.02 Å². The maximum absolute atomic E-state index is 13.0. The predicted octanol–water partition coefficient (Wildman–Crippen LogP) is 3.10. The number of guanidine groups is 1. The van der Waals surface area contributed by atoms with Gasteiger partial charge >= 0.3 is 0 Å². The van der Waals surface area contributed by atoms with Gasteiger partial charge in [0.25, 0.3) is 5.56 Å². The van der Waals surface area contributed by atoms with Gasteiger partial charge in [0.1, 0.15) is 5.39 Å². The number of aromatic nitrogens is 2. The first kappa shape index (κ1) is 24.5. The molecule has 0 amide bonds. The van der Waals surface area contributed by atoms with Gasteiger partial charge in [-0.05, 0) is 23.8 Å². The van der Waals surface area contributed by atoms with Gasteiger partial charge in [0, 0.05) is 51.9 Å². The van der Waals surface area contributed by atoms with Gasteiger partial charge in [-0.15, -0.1) is 0 Å². The number of hydrogen-bond donors (Lipinski definition) is 1. The van der Waals surface area contributed by atoms with Crippen LogP contribution in [-0.4, -0.2) is 81.3 Å². The minimum atomic E-state index is -0.447. The first-order chi connectivity index (χ1) is 16.8. The average molecular weight is 501 g/mol. The lowest BCUT2D eigenvalue weighted by atomic mass is 10.2. The third-order valence-electron chi connectivity index (χ3n) is 5.98. The maximum atomic E-state index is 13.0. The number of H-pyrrole nitrogens is 1. The summed E-state index contributed by atoms with van der Waals surface area (Å²) in [4.78, 5) is 31.3. The Kier molecular flexibility index (Phi) is 6.93. The molecular formula is C24H29ClN6O4. The largest absolute Gasteiger partial charge is 0.493 e. The van der Waals surface area contributed by atoms with Crippen LogP contribution in [0.25, 0.3) is 10.9 Å². The van der Waals surface area contributed by atoms with Gasteiger partial charge in [0.2, 0.25) is 17.7 Å². The second-order valence-electron chi connectivity index (χ2n) is 8.32. The quantitative estimate of drug-likeness (QED) is 0.528. The van der Waals surface area contributed by atoms with E-state index in [-0.39, 0.29) is 11.1 Å². The Bertz CT molecular complexity index is 1330. The summed E-state index contributed by atoms with van der Waals surface area (Å²) in [5.74, 6) is 2.32. The van der Waals surface area contributed by atoms with Crippen LogP contribution < -0.4 is 24.7 Å². The van der Waals surface area contributed by atoms with Crippen molar-refractivity contribution < 1.29 is 14.2 Å². The van der Waals surface area contributed by atoms with Crippen molar-refractivity contribution in [2.75, 3.05) is 60.5 Å². The molecular weight excluding hydrogens is 472 g/mol. The lowest BCUT2D eigenvalue weighted by Gasteiger charge is -2.20. The number of aromatic amines is 1. The number of likely N-dealkylation sites (N-methyl/N-ethyl adjacent to an activating group) is 2. The second kappa shape index (κ2) is 9.91. The number of methoxy groups -OCH3 is 3. The van der Waals surface area contributed by atoms with Crippen molar-refractivity contribution in [2.24, 2.45) is 4.99 Å². The molecule has 1 aliphatic rings. The van der Waals surface area contributed by atoms with Crippen LogP contribution in [0.15, 0.2) is 34.1 Å². The van der Waals surface area contributed by atoms with Gasteiger partial charge in [0.05, 0.1) is 32.5 Å². The molecule has 2 heterocycles. The summed E-state index contributed by atoms with van der Waals surface area (Å²) in [6, 6.07) is 7.36. The predicted molar refractivity (Wildman–Crippen MR) is 138 cm³/mol. The molecule has 10 nitrogen and oxygen atoms in total. The molecule has 3 aromatic rings. The van der Waals surface area contributed by atoms with Gasteiger partial charge in [0.15, 0.2) is 11.5 Å². The number of nitrogens with zero attached hydrogens (tertiary/aromatic N) is 5. The van der Waals surface area contributed by atoms with E-state index in [2.05, 4.69) is 19.8 Å². The fraction of sp³-hybridized carbons (Fsp3) is 0.375. The van der Waals surface area contributed by atoms with E-state index in [4.69, 9.17) is 30.8 Å². The Hall–Kier alpha value is -3.66. The van der Waals surface area contributed by atoms with Gasteiger partial charge in [-0.2, -0.15) is 4.98 Å².